The maximum absolute atomic E-state index is 12.4. The van der Waals surface area contributed by atoms with E-state index in [0.29, 0.717) is 5.69 Å². The zero-order valence-electron chi connectivity index (χ0n) is 13.4. The lowest BCUT2D eigenvalue weighted by Gasteiger charge is -2.02. The number of benzene rings is 1. The highest BCUT2D eigenvalue weighted by molar-refractivity contribution is 7.98. The van der Waals surface area contributed by atoms with Gasteiger partial charge in [-0.15, -0.1) is 16.9 Å². The fourth-order valence-electron chi connectivity index (χ4n) is 2.01. The molecule has 0 unspecified atom stereocenters. The third-order valence-electron chi connectivity index (χ3n) is 3.25. The van der Waals surface area contributed by atoms with Crippen LogP contribution >= 0.6 is 11.8 Å². The summed E-state index contributed by atoms with van der Waals surface area (Å²) < 4.78 is 5.68. The monoisotopic (exact) mass is 358 g/mol. The number of nitrogens with zero attached hydrogens (tertiary/aromatic N) is 6. The van der Waals surface area contributed by atoms with Gasteiger partial charge in [-0.05, 0) is 41.2 Å². The molecule has 10 nitrogen and oxygen atoms in total. The molecule has 0 aliphatic carbocycles. The molecule has 3 rings (SSSR count). The van der Waals surface area contributed by atoms with Crippen LogP contribution in [0.3, 0.4) is 0 Å². The zero-order valence-corrected chi connectivity index (χ0v) is 14.2. The Morgan fingerprint density at radius 3 is 2.76 bits per heavy atom. The van der Waals surface area contributed by atoms with E-state index in [1.807, 2.05) is 30.5 Å². The maximum atomic E-state index is 12.4. The van der Waals surface area contributed by atoms with Crippen molar-refractivity contribution in [3.05, 3.63) is 41.2 Å². The highest BCUT2D eigenvalue weighted by atomic mass is 32.2. The van der Waals surface area contributed by atoms with Crippen molar-refractivity contribution < 1.29 is 9.42 Å². The van der Waals surface area contributed by atoms with E-state index in [2.05, 4.69) is 35.8 Å². The van der Waals surface area contributed by atoms with Crippen molar-refractivity contribution in [2.75, 3.05) is 12.0 Å². The minimum atomic E-state index is -0.512. The molecule has 3 aromatic rings. The first-order valence-corrected chi connectivity index (χ1v) is 8.30. The number of nitrogens with one attached hydrogen (secondary N) is 1. The standard InChI is InChI=1S/C14H14N8O2S/c1-8-11(22(21-17-8)13-12(15)19-24-20-13)14(23)18-16-7-9-3-5-10(25-2)6-4-9/h3-7H,1-2H3,(H2,15,19)(H,18,23)/b16-7-. The molecule has 2 heterocycles. The van der Waals surface area contributed by atoms with Crippen molar-refractivity contribution in [3.63, 3.8) is 0 Å². The van der Waals surface area contributed by atoms with Crippen LogP contribution in [0.4, 0.5) is 5.82 Å². The Balaban J connectivity index is 1.76. The molecule has 1 amide bonds. The van der Waals surface area contributed by atoms with E-state index in [1.165, 1.54) is 6.21 Å². The summed E-state index contributed by atoms with van der Waals surface area (Å²) >= 11 is 1.65. The van der Waals surface area contributed by atoms with E-state index in [4.69, 9.17) is 5.73 Å². The highest BCUT2D eigenvalue weighted by Gasteiger charge is 2.22. The largest absolute Gasteiger partial charge is 0.378 e. The number of aryl methyl sites for hydroxylation is 1. The molecular formula is C14H14N8O2S. The van der Waals surface area contributed by atoms with E-state index in [9.17, 15) is 4.79 Å². The fraction of sp³-hybridized carbons (Fsp3) is 0.143. The van der Waals surface area contributed by atoms with Crippen LogP contribution in [0.25, 0.3) is 5.82 Å². The van der Waals surface area contributed by atoms with Crippen LogP contribution in [0.2, 0.25) is 0 Å². The van der Waals surface area contributed by atoms with Crippen molar-refractivity contribution in [3.8, 4) is 5.82 Å². The highest BCUT2D eigenvalue weighted by Crippen LogP contribution is 2.15. The SMILES string of the molecule is CSc1ccc(/C=N\NC(=O)c2c(C)nnn2-c2nonc2N)cc1. The average molecular weight is 358 g/mol. The van der Waals surface area contributed by atoms with Gasteiger partial charge in [0.1, 0.15) is 0 Å². The Morgan fingerprint density at radius 2 is 2.12 bits per heavy atom. The van der Waals surface area contributed by atoms with Crippen molar-refractivity contribution in [2.45, 2.75) is 11.8 Å². The van der Waals surface area contributed by atoms with E-state index in [0.717, 1.165) is 15.1 Å². The predicted octanol–water partition coefficient (Wildman–Crippen LogP) is 1.03. The first-order chi connectivity index (χ1) is 12.1. The molecule has 1 aromatic carbocycles. The predicted molar refractivity (Wildman–Crippen MR) is 91.6 cm³/mol. The summed E-state index contributed by atoms with van der Waals surface area (Å²) in [7, 11) is 0. The second kappa shape index (κ2) is 7.13. The number of aromatic nitrogens is 5. The lowest BCUT2D eigenvalue weighted by Crippen LogP contribution is -2.22. The summed E-state index contributed by atoms with van der Waals surface area (Å²) in [4.78, 5) is 13.5. The molecule has 2 aromatic heterocycles. The third-order valence-corrected chi connectivity index (χ3v) is 3.99. The Morgan fingerprint density at radius 1 is 1.36 bits per heavy atom. The number of nitrogen functional groups attached to an aromatic ring is 1. The van der Waals surface area contributed by atoms with Crippen LogP contribution in [0.1, 0.15) is 21.7 Å². The Bertz CT molecular complexity index is 915. The lowest BCUT2D eigenvalue weighted by atomic mass is 10.2. The molecule has 25 heavy (non-hydrogen) atoms. The summed E-state index contributed by atoms with van der Waals surface area (Å²) in [6.07, 6.45) is 3.54. The van der Waals surface area contributed by atoms with Gasteiger partial charge >= 0.3 is 0 Å². The van der Waals surface area contributed by atoms with E-state index in [-0.39, 0.29) is 17.3 Å². The molecule has 0 aliphatic rings. The number of hydrazone groups is 1. The van der Waals surface area contributed by atoms with Gasteiger partial charge in [-0.2, -0.15) is 9.78 Å². The molecule has 0 atom stereocenters. The maximum Gasteiger partial charge on any atom is 0.292 e. The van der Waals surface area contributed by atoms with Crippen LogP contribution in [0.5, 0.6) is 0 Å². The molecule has 0 fully saturated rings. The quantitative estimate of drug-likeness (QED) is 0.392. The van der Waals surface area contributed by atoms with Gasteiger partial charge < -0.3 is 5.73 Å². The van der Waals surface area contributed by atoms with Crippen molar-refractivity contribution in [2.24, 2.45) is 5.10 Å². The molecule has 0 saturated carbocycles. The number of hydrogen-bond donors (Lipinski definition) is 2. The third kappa shape index (κ3) is 3.50. The topological polar surface area (TPSA) is 137 Å². The molecule has 11 heteroatoms. The summed E-state index contributed by atoms with van der Waals surface area (Å²) in [5.41, 5.74) is 9.44. The first kappa shape index (κ1) is 16.6. The van der Waals surface area contributed by atoms with Crippen LogP contribution < -0.4 is 11.2 Å². The van der Waals surface area contributed by atoms with E-state index < -0.39 is 5.91 Å². The number of thioether (sulfide) groups is 1. The number of rotatable bonds is 5. The lowest BCUT2D eigenvalue weighted by molar-refractivity contribution is 0.0946. The van der Waals surface area contributed by atoms with Gasteiger partial charge in [0.2, 0.25) is 11.6 Å². The Kier molecular flexibility index (Phi) is 4.75. The Hall–Kier alpha value is -3.21. The second-order valence-electron chi connectivity index (χ2n) is 4.88. The van der Waals surface area contributed by atoms with Crippen molar-refractivity contribution in [1.29, 1.82) is 0 Å². The number of carbonyl (C=O) groups excluding carboxylic acids is 1. The molecule has 0 aliphatic heterocycles. The molecule has 0 saturated heterocycles. The van der Waals surface area contributed by atoms with Gasteiger partial charge in [0.05, 0.1) is 11.9 Å². The normalized spacial score (nSPS) is 11.1. The number of hydrogen-bond acceptors (Lipinski definition) is 9. The number of carbonyl (C=O) groups is 1. The van der Waals surface area contributed by atoms with E-state index in [1.54, 1.807) is 18.7 Å². The van der Waals surface area contributed by atoms with Crippen LogP contribution in [0.15, 0.2) is 38.9 Å². The van der Waals surface area contributed by atoms with Crippen molar-refractivity contribution in [1.82, 2.24) is 30.7 Å². The fourth-order valence-corrected chi connectivity index (χ4v) is 2.42. The molecule has 0 radical (unpaired) electrons. The second-order valence-corrected chi connectivity index (χ2v) is 5.76. The van der Waals surface area contributed by atoms with Gasteiger partial charge in [-0.3, -0.25) is 4.79 Å². The first-order valence-electron chi connectivity index (χ1n) is 7.08. The number of amides is 1. The molecule has 0 spiro atoms. The van der Waals surface area contributed by atoms with Gasteiger partial charge in [0, 0.05) is 4.90 Å². The summed E-state index contributed by atoms with van der Waals surface area (Å²) in [6, 6.07) is 7.75. The van der Waals surface area contributed by atoms with Gasteiger partial charge in [0.25, 0.3) is 5.91 Å². The van der Waals surface area contributed by atoms with Gasteiger partial charge in [0.15, 0.2) is 5.69 Å². The summed E-state index contributed by atoms with van der Waals surface area (Å²) in [5, 5.41) is 18.7. The molecular weight excluding hydrogens is 344 g/mol. The zero-order chi connectivity index (χ0) is 17.8. The minimum Gasteiger partial charge on any atom is -0.378 e. The van der Waals surface area contributed by atoms with E-state index >= 15 is 0 Å². The molecule has 128 valence electrons. The smallest absolute Gasteiger partial charge is 0.292 e. The average Bonchev–Trinajstić information content (AvgIpc) is 3.20. The summed E-state index contributed by atoms with van der Waals surface area (Å²) in [5.74, 6) is -0.430. The van der Waals surface area contributed by atoms with Crippen LogP contribution in [-0.4, -0.2) is 43.7 Å². The van der Waals surface area contributed by atoms with Crippen LogP contribution in [0, 0.1) is 6.92 Å². The number of nitrogens with two attached hydrogens (primary N) is 1. The van der Waals surface area contributed by atoms with Crippen molar-refractivity contribution >= 4 is 29.7 Å². The van der Waals surface area contributed by atoms with Gasteiger partial charge in [-0.25, -0.2) is 10.1 Å². The number of anilines is 1. The minimum absolute atomic E-state index is 0.00339. The van der Waals surface area contributed by atoms with Crippen LogP contribution in [-0.2, 0) is 0 Å². The molecule has 3 N–H and O–H groups in total. The summed E-state index contributed by atoms with van der Waals surface area (Å²) in [6.45, 7) is 1.63. The Labute approximate surface area is 146 Å². The van der Waals surface area contributed by atoms with Gasteiger partial charge in [-0.1, -0.05) is 17.3 Å². The molecule has 0 bridgehead atoms.